The first-order valence-corrected chi connectivity index (χ1v) is 7.99. The van der Waals surface area contributed by atoms with Gasteiger partial charge in [-0.2, -0.15) is 13.2 Å². The summed E-state index contributed by atoms with van der Waals surface area (Å²) in [7, 11) is 0. The second-order valence-electron chi connectivity index (χ2n) is 5.73. The Morgan fingerprint density at radius 1 is 1.12 bits per heavy atom. The molecule has 9 heteroatoms. The molecule has 1 aliphatic carbocycles. The van der Waals surface area contributed by atoms with Crippen LogP contribution in [0.5, 0.6) is 0 Å². The molecule has 0 aliphatic heterocycles. The number of rotatable bonds is 4. The van der Waals surface area contributed by atoms with Crippen LogP contribution in [0.15, 0.2) is 30.3 Å². The van der Waals surface area contributed by atoms with Crippen LogP contribution in [-0.2, 0) is 11.0 Å². The van der Waals surface area contributed by atoms with Crippen LogP contribution in [0.1, 0.15) is 24.8 Å². The highest BCUT2D eigenvalue weighted by atomic mass is 35.5. The molecule has 5 nitrogen and oxygen atoms in total. The van der Waals surface area contributed by atoms with E-state index in [0.717, 1.165) is 25.3 Å². The van der Waals surface area contributed by atoms with Crippen LogP contribution in [0.4, 0.5) is 30.5 Å². The van der Waals surface area contributed by atoms with Crippen LogP contribution < -0.4 is 10.6 Å². The quantitative estimate of drug-likeness (QED) is 0.823. The van der Waals surface area contributed by atoms with E-state index in [1.54, 1.807) is 0 Å². The van der Waals surface area contributed by atoms with Crippen LogP contribution in [0, 0.1) is 5.92 Å². The molecule has 0 saturated heterocycles. The Kier molecular flexibility index (Phi) is 4.80. The second kappa shape index (κ2) is 6.87. The Hall–Kier alpha value is -2.35. The first-order chi connectivity index (χ1) is 11.8. The molecule has 1 saturated carbocycles. The van der Waals surface area contributed by atoms with Gasteiger partial charge in [0.05, 0.1) is 11.3 Å². The lowest BCUT2D eigenvalue weighted by Gasteiger charge is -2.23. The van der Waals surface area contributed by atoms with Gasteiger partial charge in [-0.1, -0.05) is 18.0 Å². The van der Waals surface area contributed by atoms with Gasteiger partial charge in [-0.25, -0.2) is 0 Å². The number of carbonyl (C=O) groups excluding carboxylic acids is 1. The summed E-state index contributed by atoms with van der Waals surface area (Å²) in [6.07, 6.45) is -1.81. The summed E-state index contributed by atoms with van der Waals surface area (Å²) in [6.45, 7) is 0. The fourth-order valence-electron chi connectivity index (χ4n) is 2.36. The number of amides is 1. The normalized spacial score (nSPS) is 14.7. The molecule has 1 amide bonds. The molecule has 0 radical (unpaired) electrons. The van der Waals surface area contributed by atoms with Crippen LogP contribution in [0.25, 0.3) is 0 Å². The zero-order chi connectivity index (χ0) is 18.0. The Bertz CT molecular complexity index is 776. The molecule has 1 aromatic carbocycles. The molecule has 1 heterocycles. The van der Waals surface area contributed by atoms with Crippen molar-refractivity contribution in [1.82, 2.24) is 10.2 Å². The maximum Gasteiger partial charge on any atom is 0.418 e. The summed E-state index contributed by atoms with van der Waals surface area (Å²) in [5, 5.41) is 12.8. The monoisotopic (exact) mass is 370 g/mol. The summed E-state index contributed by atoms with van der Waals surface area (Å²) in [5.41, 5.74) is -1.08. The van der Waals surface area contributed by atoms with E-state index in [1.807, 2.05) is 0 Å². The van der Waals surface area contributed by atoms with Crippen molar-refractivity contribution in [3.63, 3.8) is 0 Å². The first kappa shape index (κ1) is 17.5. The SMILES string of the molecule is O=C(Nc1ccc(Nc2ccc(Cl)cc2C(F)(F)F)nn1)C1CCC1. The van der Waals surface area contributed by atoms with Crippen LogP contribution >= 0.6 is 11.6 Å². The van der Waals surface area contributed by atoms with E-state index in [4.69, 9.17) is 11.6 Å². The fourth-order valence-corrected chi connectivity index (χ4v) is 2.53. The van der Waals surface area contributed by atoms with Gasteiger partial charge in [0.25, 0.3) is 0 Å². The summed E-state index contributed by atoms with van der Waals surface area (Å²) in [6, 6.07) is 6.33. The molecule has 0 bridgehead atoms. The van der Waals surface area contributed by atoms with Gasteiger partial charge in [0.2, 0.25) is 5.91 Å². The molecule has 25 heavy (non-hydrogen) atoms. The predicted octanol–water partition coefficient (Wildman–Crippen LogP) is 4.63. The molecule has 1 fully saturated rings. The van der Waals surface area contributed by atoms with Crippen LogP contribution in [-0.4, -0.2) is 16.1 Å². The number of halogens is 4. The maximum absolute atomic E-state index is 13.1. The average molecular weight is 371 g/mol. The Morgan fingerprint density at radius 2 is 1.80 bits per heavy atom. The molecule has 0 atom stereocenters. The number of nitrogens with one attached hydrogen (secondary N) is 2. The van der Waals surface area contributed by atoms with Crippen LogP contribution in [0.2, 0.25) is 5.02 Å². The van der Waals surface area contributed by atoms with E-state index < -0.39 is 11.7 Å². The number of benzene rings is 1. The highest BCUT2D eigenvalue weighted by molar-refractivity contribution is 6.30. The van der Waals surface area contributed by atoms with Crippen molar-refractivity contribution in [2.24, 2.45) is 5.92 Å². The molecule has 1 aliphatic rings. The lowest BCUT2D eigenvalue weighted by Crippen LogP contribution is -2.28. The summed E-state index contributed by atoms with van der Waals surface area (Å²) >= 11 is 5.64. The summed E-state index contributed by atoms with van der Waals surface area (Å²) in [5.74, 6) is 0.269. The van der Waals surface area contributed by atoms with Crippen molar-refractivity contribution in [2.45, 2.75) is 25.4 Å². The van der Waals surface area contributed by atoms with Crippen molar-refractivity contribution >= 4 is 34.8 Å². The molecule has 2 aromatic rings. The van der Waals surface area contributed by atoms with E-state index >= 15 is 0 Å². The number of anilines is 3. The summed E-state index contributed by atoms with van der Waals surface area (Å²) in [4.78, 5) is 11.8. The van der Waals surface area contributed by atoms with Gasteiger partial charge in [0.1, 0.15) is 0 Å². The largest absolute Gasteiger partial charge is 0.418 e. The fraction of sp³-hybridized carbons (Fsp3) is 0.312. The minimum Gasteiger partial charge on any atom is -0.338 e. The summed E-state index contributed by atoms with van der Waals surface area (Å²) < 4.78 is 39.2. The number of hydrogen-bond acceptors (Lipinski definition) is 4. The van der Waals surface area contributed by atoms with Gasteiger partial charge >= 0.3 is 6.18 Å². The molecule has 0 unspecified atom stereocenters. The van der Waals surface area contributed by atoms with Crippen LogP contribution in [0.3, 0.4) is 0 Å². The third-order valence-corrected chi connectivity index (χ3v) is 4.18. The van der Waals surface area contributed by atoms with Crippen molar-refractivity contribution in [1.29, 1.82) is 0 Å². The molecular weight excluding hydrogens is 357 g/mol. The molecule has 2 N–H and O–H groups in total. The molecule has 1 aromatic heterocycles. The average Bonchev–Trinajstić information content (AvgIpc) is 2.48. The Balaban J connectivity index is 1.72. The first-order valence-electron chi connectivity index (χ1n) is 7.61. The third-order valence-electron chi connectivity index (χ3n) is 3.94. The van der Waals surface area contributed by atoms with E-state index in [1.165, 1.54) is 24.3 Å². The minimum absolute atomic E-state index is 0.00279. The van der Waals surface area contributed by atoms with Gasteiger partial charge in [-0.15, -0.1) is 10.2 Å². The van der Waals surface area contributed by atoms with Gasteiger partial charge in [0.15, 0.2) is 11.6 Å². The van der Waals surface area contributed by atoms with Gasteiger partial charge in [0, 0.05) is 10.9 Å². The molecule has 132 valence electrons. The van der Waals surface area contributed by atoms with Gasteiger partial charge in [-0.3, -0.25) is 4.79 Å². The Labute approximate surface area is 146 Å². The number of nitrogens with zero attached hydrogens (tertiary/aromatic N) is 2. The number of aromatic nitrogens is 2. The molecule has 0 spiro atoms. The zero-order valence-electron chi connectivity index (χ0n) is 12.9. The van der Waals surface area contributed by atoms with Crippen molar-refractivity contribution in [3.05, 3.63) is 40.9 Å². The van der Waals surface area contributed by atoms with Crippen molar-refractivity contribution in [3.8, 4) is 0 Å². The number of hydrogen-bond donors (Lipinski definition) is 2. The number of carbonyl (C=O) groups is 1. The zero-order valence-corrected chi connectivity index (χ0v) is 13.7. The van der Waals surface area contributed by atoms with Gasteiger partial charge in [-0.05, 0) is 43.2 Å². The van der Waals surface area contributed by atoms with E-state index in [0.29, 0.717) is 0 Å². The van der Waals surface area contributed by atoms with Crippen molar-refractivity contribution in [2.75, 3.05) is 10.6 Å². The highest BCUT2D eigenvalue weighted by Crippen LogP contribution is 2.37. The lowest BCUT2D eigenvalue weighted by atomic mass is 9.85. The van der Waals surface area contributed by atoms with E-state index in [2.05, 4.69) is 20.8 Å². The topological polar surface area (TPSA) is 66.9 Å². The highest BCUT2D eigenvalue weighted by Gasteiger charge is 2.34. The van der Waals surface area contributed by atoms with Gasteiger partial charge < -0.3 is 10.6 Å². The molecular formula is C16H14ClF3N4O. The minimum atomic E-state index is -4.56. The maximum atomic E-state index is 13.1. The lowest BCUT2D eigenvalue weighted by molar-refractivity contribution is -0.137. The smallest absolute Gasteiger partial charge is 0.338 e. The number of alkyl halides is 3. The standard InChI is InChI=1S/C16H14ClF3N4O/c17-10-4-5-12(11(8-10)16(18,19)20)21-13-6-7-14(24-23-13)22-15(25)9-2-1-3-9/h4-9H,1-3H2,(H,21,23)(H,22,24,25). The molecule has 3 rings (SSSR count). The van der Waals surface area contributed by atoms with E-state index in [9.17, 15) is 18.0 Å². The Morgan fingerprint density at radius 3 is 2.36 bits per heavy atom. The predicted molar refractivity (Wildman–Crippen MR) is 87.7 cm³/mol. The third kappa shape index (κ3) is 4.19. The van der Waals surface area contributed by atoms with E-state index in [-0.39, 0.29) is 34.2 Å². The second-order valence-corrected chi connectivity index (χ2v) is 6.17. The van der Waals surface area contributed by atoms with Crippen molar-refractivity contribution < 1.29 is 18.0 Å².